The highest BCUT2D eigenvalue weighted by molar-refractivity contribution is 5.77. The summed E-state index contributed by atoms with van der Waals surface area (Å²) in [6.07, 6.45) is 4.75. The Balaban J connectivity index is 1.80. The highest BCUT2D eigenvalue weighted by Crippen LogP contribution is 2.32. The molecule has 0 aromatic rings. The molecule has 19 heavy (non-hydrogen) atoms. The first kappa shape index (κ1) is 14.1. The second kappa shape index (κ2) is 5.77. The summed E-state index contributed by atoms with van der Waals surface area (Å²) in [5.41, 5.74) is -0.221. The van der Waals surface area contributed by atoms with Gasteiger partial charge in [0.05, 0.1) is 11.5 Å². The normalized spacial score (nSPS) is 25.5. The largest absolute Gasteiger partial charge is 0.481 e. The number of carbonyl (C=O) groups excluding carboxylic acids is 1. The number of rotatable bonds is 4. The zero-order chi connectivity index (χ0) is 13.9. The number of aliphatic carboxylic acids is 1. The van der Waals surface area contributed by atoms with Gasteiger partial charge in [-0.1, -0.05) is 12.8 Å². The number of likely N-dealkylation sites (tertiary alicyclic amines) is 1. The third-order valence-corrected chi connectivity index (χ3v) is 4.33. The third kappa shape index (κ3) is 3.18. The van der Waals surface area contributed by atoms with Crippen LogP contribution in [0.2, 0.25) is 0 Å². The SMILES string of the molecule is COC1(CNC(=O)N2CCC(C(=O)O)C2)CCCC1. The molecule has 2 aliphatic rings. The lowest BCUT2D eigenvalue weighted by molar-refractivity contribution is -0.141. The molecule has 0 radical (unpaired) electrons. The summed E-state index contributed by atoms with van der Waals surface area (Å²) in [7, 11) is 1.69. The van der Waals surface area contributed by atoms with Gasteiger partial charge in [0.1, 0.15) is 0 Å². The van der Waals surface area contributed by atoms with E-state index < -0.39 is 11.9 Å². The molecule has 1 aliphatic carbocycles. The number of ether oxygens (including phenoxy) is 1. The molecule has 108 valence electrons. The van der Waals surface area contributed by atoms with Gasteiger partial charge in [-0.15, -0.1) is 0 Å². The van der Waals surface area contributed by atoms with Gasteiger partial charge in [-0.2, -0.15) is 0 Å². The summed E-state index contributed by atoms with van der Waals surface area (Å²) < 4.78 is 5.54. The number of nitrogens with one attached hydrogen (secondary N) is 1. The average Bonchev–Trinajstić information content (AvgIpc) is 3.06. The minimum absolute atomic E-state index is 0.174. The molecular weight excluding hydrogens is 248 g/mol. The van der Waals surface area contributed by atoms with E-state index in [-0.39, 0.29) is 11.6 Å². The fourth-order valence-electron chi connectivity index (χ4n) is 2.97. The van der Waals surface area contributed by atoms with E-state index in [1.54, 1.807) is 12.0 Å². The number of carbonyl (C=O) groups is 2. The summed E-state index contributed by atoms with van der Waals surface area (Å²) in [4.78, 5) is 24.4. The van der Waals surface area contributed by atoms with Gasteiger partial charge in [0, 0.05) is 26.7 Å². The summed E-state index contributed by atoms with van der Waals surface area (Å²) in [6, 6.07) is -0.174. The van der Waals surface area contributed by atoms with E-state index in [0.717, 1.165) is 25.7 Å². The van der Waals surface area contributed by atoms with Crippen molar-refractivity contribution in [2.24, 2.45) is 5.92 Å². The van der Waals surface area contributed by atoms with Crippen LogP contribution < -0.4 is 5.32 Å². The fraction of sp³-hybridized carbons (Fsp3) is 0.846. The van der Waals surface area contributed by atoms with E-state index in [4.69, 9.17) is 9.84 Å². The Morgan fingerprint density at radius 2 is 2.11 bits per heavy atom. The molecule has 0 aromatic carbocycles. The maximum atomic E-state index is 12.0. The highest BCUT2D eigenvalue weighted by atomic mass is 16.5. The van der Waals surface area contributed by atoms with E-state index in [1.165, 1.54) is 0 Å². The average molecular weight is 270 g/mol. The monoisotopic (exact) mass is 270 g/mol. The first-order chi connectivity index (χ1) is 9.06. The zero-order valence-corrected chi connectivity index (χ0v) is 11.4. The number of carboxylic acids is 1. The first-order valence-electron chi connectivity index (χ1n) is 6.87. The predicted molar refractivity (Wildman–Crippen MR) is 68.9 cm³/mol. The van der Waals surface area contributed by atoms with Gasteiger partial charge in [-0.3, -0.25) is 4.79 Å². The molecule has 0 spiro atoms. The molecule has 1 heterocycles. The molecule has 0 aromatic heterocycles. The highest BCUT2D eigenvalue weighted by Gasteiger charge is 2.36. The minimum Gasteiger partial charge on any atom is -0.481 e. The van der Waals surface area contributed by atoms with Crippen molar-refractivity contribution in [3.05, 3.63) is 0 Å². The molecular formula is C13H22N2O4. The molecule has 1 unspecified atom stereocenters. The Morgan fingerprint density at radius 1 is 1.42 bits per heavy atom. The molecule has 2 amide bonds. The zero-order valence-electron chi connectivity index (χ0n) is 11.4. The van der Waals surface area contributed by atoms with E-state index in [1.807, 2.05) is 0 Å². The molecule has 1 aliphatic heterocycles. The van der Waals surface area contributed by atoms with Crippen molar-refractivity contribution in [2.45, 2.75) is 37.7 Å². The van der Waals surface area contributed by atoms with Crippen LogP contribution in [0.3, 0.4) is 0 Å². The number of urea groups is 1. The minimum atomic E-state index is -0.820. The van der Waals surface area contributed by atoms with Crippen LogP contribution in [0, 0.1) is 5.92 Å². The van der Waals surface area contributed by atoms with Crippen LogP contribution in [0.25, 0.3) is 0 Å². The van der Waals surface area contributed by atoms with Crippen LogP contribution >= 0.6 is 0 Å². The Bertz CT molecular complexity index is 353. The smallest absolute Gasteiger partial charge is 0.317 e. The van der Waals surface area contributed by atoms with Crippen molar-refractivity contribution in [1.82, 2.24) is 10.2 Å². The lowest BCUT2D eigenvalue weighted by Gasteiger charge is -2.28. The second-order valence-electron chi connectivity index (χ2n) is 5.52. The molecule has 1 saturated heterocycles. The van der Waals surface area contributed by atoms with E-state index in [9.17, 15) is 9.59 Å². The predicted octanol–water partition coefficient (Wildman–Crippen LogP) is 1.06. The summed E-state index contributed by atoms with van der Waals surface area (Å²) in [5, 5.41) is 11.8. The number of hydrogen-bond acceptors (Lipinski definition) is 3. The Kier molecular flexibility index (Phi) is 4.29. The summed E-state index contributed by atoms with van der Waals surface area (Å²) >= 11 is 0. The van der Waals surface area contributed by atoms with Gasteiger partial charge < -0.3 is 20.1 Å². The number of methoxy groups -OCH3 is 1. The molecule has 2 fully saturated rings. The van der Waals surface area contributed by atoms with Crippen molar-refractivity contribution in [1.29, 1.82) is 0 Å². The number of hydrogen-bond donors (Lipinski definition) is 2. The van der Waals surface area contributed by atoms with Gasteiger partial charge in [-0.05, 0) is 19.3 Å². The van der Waals surface area contributed by atoms with E-state index in [2.05, 4.69) is 5.32 Å². The Morgan fingerprint density at radius 3 is 2.63 bits per heavy atom. The molecule has 0 bridgehead atoms. The molecule has 2 N–H and O–H groups in total. The van der Waals surface area contributed by atoms with Crippen molar-refractivity contribution >= 4 is 12.0 Å². The van der Waals surface area contributed by atoms with Crippen LogP contribution in [0.4, 0.5) is 4.79 Å². The topological polar surface area (TPSA) is 78.9 Å². The van der Waals surface area contributed by atoms with Crippen LogP contribution in [0.15, 0.2) is 0 Å². The fourth-order valence-corrected chi connectivity index (χ4v) is 2.97. The van der Waals surface area contributed by atoms with Gasteiger partial charge in [0.25, 0.3) is 0 Å². The van der Waals surface area contributed by atoms with Crippen molar-refractivity contribution in [2.75, 3.05) is 26.7 Å². The maximum absolute atomic E-state index is 12.0. The van der Waals surface area contributed by atoms with Gasteiger partial charge in [0.2, 0.25) is 0 Å². The van der Waals surface area contributed by atoms with Gasteiger partial charge in [0.15, 0.2) is 0 Å². The number of nitrogens with zero attached hydrogens (tertiary/aromatic N) is 1. The number of amides is 2. The Labute approximate surface area is 113 Å². The molecule has 1 saturated carbocycles. The van der Waals surface area contributed by atoms with Crippen molar-refractivity contribution in [3.8, 4) is 0 Å². The maximum Gasteiger partial charge on any atom is 0.317 e. The quantitative estimate of drug-likeness (QED) is 0.800. The molecule has 6 heteroatoms. The number of carboxylic acid groups (broad SMARTS) is 1. The summed E-state index contributed by atoms with van der Waals surface area (Å²) in [6.45, 7) is 1.33. The van der Waals surface area contributed by atoms with Crippen molar-refractivity contribution < 1.29 is 19.4 Å². The lowest BCUT2D eigenvalue weighted by atomic mass is 10.0. The third-order valence-electron chi connectivity index (χ3n) is 4.33. The molecule has 6 nitrogen and oxygen atoms in total. The van der Waals surface area contributed by atoms with E-state index >= 15 is 0 Å². The molecule has 2 rings (SSSR count). The first-order valence-corrected chi connectivity index (χ1v) is 6.87. The van der Waals surface area contributed by atoms with Crippen molar-refractivity contribution in [3.63, 3.8) is 0 Å². The second-order valence-corrected chi connectivity index (χ2v) is 5.52. The van der Waals surface area contributed by atoms with Crippen LogP contribution in [-0.2, 0) is 9.53 Å². The standard InChI is InChI=1S/C13H22N2O4/c1-19-13(5-2-3-6-13)9-14-12(18)15-7-4-10(8-15)11(16)17/h10H,2-9H2,1H3,(H,14,18)(H,16,17). The Hall–Kier alpha value is -1.30. The van der Waals surface area contributed by atoms with Gasteiger partial charge in [-0.25, -0.2) is 4.79 Å². The van der Waals surface area contributed by atoms with Gasteiger partial charge >= 0.3 is 12.0 Å². The van der Waals surface area contributed by atoms with Crippen LogP contribution in [-0.4, -0.2) is 54.4 Å². The van der Waals surface area contributed by atoms with E-state index in [0.29, 0.717) is 26.1 Å². The van der Waals surface area contributed by atoms with Crippen LogP contribution in [0.5, 0.6) is 0 Å². The molecule has 1 atom stereocenters. The van der Waals surface area contributed by atoms with Crippen LogP contribution in [0.1, 0.15) is 32.1 Å². The lowest BCUT2D eigenvalue weighted by Crippen LogP contribution is -2.47. The summed E-state index contributed by atoms with van der Waals surface area (Å²) in [5.74, 6) is -1.24.